The lowest BCUT2D eigenvalue weighted by atomic mass is 10.1. The van der Waals surface area contributed by atoms with E-state index in [2.05, 4.69) is 21.3 Å². The topological polar surface area (TPSA) is 72.9 Å². The van der Waals surface area contributed by atoms with Crippen molar-refractivity contribution < 1.29 is 19.0 Å². The van der Waals surface area contributed by atoms with E-state index in [4.69, 9.17) is 14.2 Å². The van der Waals surface area contributed by atoms with Crippen LogP contribution in [0.3, 0.4) is 0 Å². The first kappa shape index (κ1) is 18.7. The van der Waals surface area contributed by atoms with E-state index in [-0.39, 0.29) is 11.9 Å². The van der Waals surface area contributed by atoms with Gasteiger partial charge in [-0.25, -0.2) is 0 Å². The minimum absolute atomic E-state index is 0.0150. The number of nitrogens with zero attached hydrogens (tertiary/aromatic N) is 2. The maximum atomic E-state index is 12.6. The van der Waals surface area contributed by atoms with Gasteiger partial charge in [-0.15, -0.1) is 0 Å². The normalized spacial score (nSPS) is 17.7. The molecule has 28 heavy (non-hydrogen) atoms. The largest absolute Gasteiger partial charge is 0.486 e. The van der Waals surface area contributed by atoms with Crippen molar-refractivity contribution in [2.24, 2.45) is 0 Å². The highest BCUT2D eigenvalue weighted by Crippen LogP contribution is 2.30. The Hall–Kier alpha value is -2.64. The molecular formula is C21H25N3O4. The molecule has 4 rings (SSSR count). The van der Waals surface area contributed by atoms with Crippen LogP contribution in [0.2, 0.25) is 0 Å². The fourth-order valence-corrected chi connectivity index (χ4v) is 3.58. The fraction of sp³-hybridized carbons (Fsp3) is 0.429. The summed E-state index contributed by atoms with van der Waals surface area (Å²) in [6.45, 7) is 4.74. The van der Waals surface area contributed by atoms with Crippen LogP contribution in [0.15, 0.2) is 42.7 Å². The molecule has 1 aromatic heterocycles. The molecule has 3 heterocycles. The molecule has 2 aromatic rings. The summed E-state index contributed by atoms with van der Waals surface area (Å²) in [4.78, 5) is 19.1. The van der Waals surface area contributed by atoms with Gasteiger partial charge >= 0.3 is 0 Å². The maximum Gasteiger partial charge on any atom is 0.224 e. The maximum absolute atomic E-state index is 12.6. The van der Waals surface area contributed by atoms with Crippen LogP contribution in [0.1, 0.15) is 17.2 Å². The number of amides is 1. The lowest BCUT2D eigenvalue weighted by Gasteiger charge is -2.34. The van der Waals surface area contributed by atoms with Gasteiger partial charge in [0.05, 0.1) is 25.7 Å². The van der Waals surface area contributed by atoms with Crippen LogP contribution < -0.4 is 14.8 Å². The lowest BCUT2D eigenvalue weighted by Crippen LogP contribution is -2.44. The molecule has 148 valence electrons. The molecular weight excluding hydrogens is 358 g/mol. The van der Waals surface area contributed by atoms with Gasteiger partial charge in [-0.1, -0.05) is 12.1 Å². The van der Waals surface area contributed by atoms with Gasteiger partial charge in [-0.05, 0) is 29.3 Å². The average Bonchev–Trinajstić information content (AvgIpc) is 2.75. The third kappa shape index (κ3) is 4.61. The highest BCUT2D eigenvalue weighted by atomic mass is 16.6. The van der Waals surface area contributed by atoms with E-state index in [0.29, 0.717) is 45.1 Å². The van der Waals surface area contributed by atoms with Crippen molar-refractivity contribution in [3.63, 3.8) is 0 Å². The summed E-state index contributed by atoms with van der Waals surface area (Å²) in [5.74, 6) is 1.43. The van der Waals surface area contributed by atoms with Gasteiger partial charge in [-0.2, -0.15) is 0 Å². The monoisotopic (exact) mass is 383 g/mol. The highest BCUT2D eigenvalue weighted by molar-refractivity contribution is 5.78. The number of ether oxygens (including phenoxy) is 3. The molecule has 1 aromatic carbocycles. The summed E-state index contributed by atoms with van der Waals surface area (Å²) >= 11 is 0. The number of carbonyl (C=O) groups is 1. The van der Waals surface area contributed by atoms with E-state index in [0.717, 1.165) is 30.0 Å². The summed E-state index contributed by atoms with van der Waals surface area (Å²) < 4.78 is 16.6. The molecule has 1 fully saturated rings. The van der Waals surface area contributed by atoms with E-state index in [9.17, 15) is 4.79 Å². The fourth-order valence-electron chi connectivity index (χ4n) is 3.58. The Labute approximate surface area is 164 Å². The van der Waals surface area contributed by atoms with Crippen LogP contribution in [0.25, 0.3) is 0 Å². The number of fused-ring (bicyclic) bond motifs is 1. The summed E-state index contributed by atoms with van der Waals surface area (Å²) in [5.41, 5.74) is 2.01. The molecule has 7 heteroatoms. The molecule has 0 bridgehead atoms. The van der Waals surface area contributed by atoms with E-state index >= 15 is 0 Å². The number of pyridine rings is 1. The summed E-state index contributed by atoms with van der Waals surface area (Å²) in [6, 6.07) is 9.73. The SMILES string of the molecule is O=C(Cc1ccc2c(c1)OCCO2)NCC(c1cccnc1)N1CCOCC1. The minimum atomic E-state index is -0.0150. The number of nitrogens with one attached hydrogen (secondary N) is 1. The van der Waals surface area contributed by atoms with Gasteiger partial charge in [0.25, 0.3) is 0 Å². The third-order valence-electron chi connectivity index (χ3n) is 5.02. The molecule has 1 saturated heterocycles. The predicted molar refractivity (Wildman–Crippen MR) is 104 cm³/mol. The number of hydrogen-bond acceptors (Lipinski definition) is 6. The van der Waals surface area contributed by atoms with Crippen LogP contribution in [-0.4, -0.2) is 61.9 Å². The lowest BCUT2D eigenvalue weighted by molar-refractivity contribution is -0.120. The molecule has 0 spiro atoms. The summed E-state index contributed by atoms with van der Waals surface area (Å²) in [6.07, 6.45) is 3.94. The van der Waals surface area contributed by atoms with Crippen LogP contribution in [0.4, 0.5) is 0 Å². The predicted octanol–water partition coefficient (Wildman–Crippen LogP) is 1.58. The molecule has 1 atom stereocenters. The first-order valence-electron chi connectivity index (χ1n) is 9.66. The van der Waals surface area contributed by atoms with Crippen molar-refractivity contribution in [3.05, 3.63) is 53.9 Å². The van der Waals surface area contributed by atoms with Crippen LogP contribution in [-0.2, 0) is 16.0 Å². The standard InChI is InChI=1S/C21H25N3O4/c25-21(13-16-3-4-19-20(12-16)28-11-10-27-19)23-15-18(17-2-1-5-22-14-17)24-6-8-26-9-7-24/h1-5,12,14,18H,6-11,13,15H2,(H,23,25). The van der Waals surface area contributed by atoms with Crippen molar-refractivity contribution >= 4 is 5.91 Å². The van der Waals surface area contributed by atoms with Crippen LogP contribution in [0.5, 0.6) is 11.5 Å². The molecule has 0 saturated carbocycles. The second-order valence-electron chi connectivity index (χ2n) is 6.91. The Morgan fingerprint density at radius 2 is 1.93 bits per heavy atom. The van der Waals surface area contributed by atoms with Crippen LogP contribution in [0, 0.1) is 0 Å². The van der Waals surface area contributed by atoms with Crippen molar-refractivity contribution in [2.75, 3.05) is 46.1 Å². The van der Waals surface area contributed by atoms with E-state index in [1.165, 1.54) is 0 Å². The number of aromatic nitrogens is 1. The smallest absolute Gasteiger partial charge is 0.224 e. The Balaban J connectivity index is 1.38. The number of hydrogen-bond donors (Lipinski definition) is 1. The van der Waals surface area contributed by atoms with Crippen molar-refractivity contribution in [1.82, 2.24) is 15.2 Å². The van der Waals surface area contributed by atoms with Crippen molar-refractivity contribution in [1.29, 1.82) is 0 Å². The third-order valence-corrected chi connectivity index (χ3v) is 5.02. The molecule has 1 unspecified atom stereocenters. The minimum Gasteiger partial charge on any atom is -0.486 e. The van der Waals surface area contributed by atoms with Crippen molar-refractivity contribution in [3.8, 4) is 11.5 Å². The van der Waals surface area contributed by atoms with E-state index in [1.807, 2.05) is 30.5 Å². The summed E-state index contributed by atoms with van der Waals surface area (Å²) in [7, 11) is 0. The van der Waals surface area contributed by atoms with Gasteiger partial charge < -0.3 is 19.5 Å². The Morgan fingerprint density at radius 3 is 2.71 bits per heavy atom. The zero-order chi connectivity index (χ0) is 19.2. The first-order valence-corrected chi connectivity index (χ1v) is 9.66. The van der Waals surface area contributed by atoms with Gasteiger partial charge in [0, 0.05) is 32.0 Å². The Morgan fingerprint density at radius 1 is 1.11 bits per heavy atom. The van der Waals surface area contributed by atoms with Gasteiger partial charge in [0.1, 0.15) is 13.2 Å². The van der Waals surface area contributed by atoms with E-state index in [1.54, 1.807) is 6.20 Å². The average molecular weight is 383 g/mol. The number of carbonyl (C=O) groups excluding carboxylic acids is 1. The van der Waals surface area contributed by atoms with Gasteiger partial charge in [0.2, 0.25) is 5.91 Å². The second kappa shape index (κ2) is 9.03. The number of benzene rings is 1. The summed E-state index contributed by atoms with van der Waals surface area (Å²) in [5, 5.41) is 3.09. The first-order chi connectivity index (χ1) is 13.8. The second-order valence-corrected chi connectivity index (χ2v) is 6.91. The molecule has 7 nitrogen and oxygen atoms in total. The number of rotatable bonds is 6. The van der Waals surface area contributed by atoms with Crippen molar-refractivity contribution in [2.45, 2.75) is 12.5 Å². The molecule has 1 N–H and O–H groups in total. The molecule has 2 aliphatic rings. The zero-order valence-corrected chi connectivity index (χ0v) is 15.8. The Kier molecular flexibility index (Phi) is 6.04. The zero-order valence-electron chi connectivity index (χ0n) is 15.8. The molecule has 0 aliphatic carbocycles. The molecule has 0 radical (unpaired) electrons. The number of morpholine rings is 1. The van der Waals surface area contributed by atoms with Crippen LogP contribution >= 0.6 is 0 Å². The Bertz CT molecular complexity index is 793. The molecule has 2 aliphatic heterocycles. The van der Waals surface area contributed by atoms with Gasteiger partial charge in [-0.3, -0.25) is 14.7 Å². The highest BCUT2D eigenvalue weighted by Gasteiger charge is 2.23. The molecule has 1 amide bonds. The quantitative estimate of drug-likeness (QED) is 0.817. The van der Waals surface area contributed by atoms with Gasteiger partial charge in [0.15, 0.2) is 11.5 Å². The van der Waals surface area contributed by atoms with E-state index < -0.39 is 0 Å².